The van der Waals surface area contributed by atoms with Crippen molar-refractivity contribution in [2.75, 3.05) is 12.4 Å². The summed E-state index contributed by atoms with van der Waals surface area (Å²) in [6, 6.07) is 7.36. The molecular weight excluding hydrogens is 282 g/mol. The van der Waals surface area contributed by atoms with E-state index in [2.05, 4.69) is 10.2 Å². The number of hydrogen-bond acceptors (Lipinski definition) is 7. The summed E-state index contributed by atoms with van der Waals surface area (Å²) in [6.45, 7) is 0.291. The van der Waals surface area contributed by atoms with Gasteiger partial charge in [0.1, 0.15) is 6.61 Å². The van der Waals surface area contributed by atoms with Crippen molar-refractivity contribution in [1.82, 2.24) is 10.2 Å². The molecule has 2 aromatic rings. The van der Waals surface area contributed by atoms with Crippen LogP contribution in [-0.2, 0) is 4.79 Å². The number of rotatable bonds is 4. The fourth-order valence-electron chi connectivity index (χ4n) is 1.68. The van der Waals surface area contributed by atoms with Gasteiger partial charge in [0, 0.05) is 0 Å². The number of nitrogens with zero attached hydrogens (tertiary/aromatic N) is 2. The van der Waals surface area contributed by atoms with Crippen molar-refractivity contribution < 1.29 is 18.7 Å². The van der Waals surface area contributed by atoms with Gasteiger partial charge in [0.15, 0.2) is 11.5 Å². The Labute approximate surface area is 118 Å². The minimum atomic E-state index is -0.458. The van der Waals surface area contributed by atoms with Gasteiger partial charge in [0.2, 0.25) is 12.0 Å². The van der Waals surface area contributed by atoms with Gasteiger partial charge in [-0.3, -0.25) is 4.79 Å². The SMILES string of the molecule is NC(=O)CSc1nnc(C2COc3ccccc3O2)o1. The number of carbonyl (C=O) groups excluding carboxylic acids is 1. The lowest BCUT2D eigenvalue weighted by molar-refractivity contribution is -0.115. The van der Waals surface area contributed by atoms with Crippen LogP contribution in [-0.4, -0.2) is 28.5 Å². The second kappa shape index (κ2) is 5.41. The van der Waals surface area contributed by atoms with E-state index in [-0.39, 0.29) is 11.0 Å². The van der Waals surface area contributed by atoms with Gasteiger partial charge in [0.05, 0.1) is 5.75 Å². The molecule has 2 heterocycles. The first kappa shape index (κ1) is 12.8. The molecule has 7 nitrogen and oxygen atoms in total. The fraction of sp³-hybridized carbons (Fsp3) is 0.250. The zero-order valence-corrected chi connectivity index (χ0v) is 11.1. The minimum Gasteiger partial charge on any atom is -0.485 e. The predicted octanol–water partition coefficient (Wildman–Crippen LogP) is 1.16. The van der Waals surface area contributed by atoms with E-state index in [1.807, 2.05) is 18.2 Å². The maximum Gasteiger partial charge on any atom is 0.277 e. The van der Waals surface area contributed by atoms with Crippen LogP contribution < -0.4 is 15.2 Å². The Hall–Kier alpha value is -2.22. The predicted molar refractivity (Wildman–Crippen MR) is 69.5 cm³/mol. The van der Waals surface area contributed by atoms with E-state index in [0.29, 0.717) is 24.0 Å². The van der Waals surface area contributed by atoms with Crippen LogP contribution in [0, 0.1) is 0 Å². The molecule has 20 heavy (non-hydrogen) atoms. The summed E-state index contributed by atoms with van der Waals surface area (Å²) in [7, 11) is 0. The molecule has 2 N–H and O–H groups in total. The van der Waals surface area contributed by atoms with Crippen LogP contribution in [0.5, 0.6) is 11.5 Å². The molecule has 1 atom stereocenters. The summed E-state index contributed by atoms with van der Waals surface area (Å²) in [5.41, 5.74) is 5.05. The standard InChI is InChI=1S/C12H11N3O4S/c13-10(16)6-20-12-15-14-11(19-12)9-5-17-7-3-1-2-4-8(7)18-9/h1-4,9H,5-6H2,(H2,13,16). The third kappa shape index (κ3) is 2.69. The first-order valence-electron chi connectivity index (χ1n) is 5.85. The first-order valence-corrected chi connectivity index (χ1v) is 6.84. The summed E-state index contributed by atoms with van der Waals surface area (Å²) in [4.78, 5) is 10.7. The van der Waals surface area contributed by atoms with Gasteiger partial charge < -0.3 is 19.6 Å². The number of benzene rings is 1. The van der Waals surface area contributed by atoms with Gasteiger partial charge in [-0.15, -0.1) is 10.2 Å². The highest BCUT2D eigenvalue weighted by atomic mass is 32.2. The van der Waals surface area contributed by atoms with Gasteiger partial charge in [-0.25, -0.2) is 0 Å². The average molecular weight is 293 g/mol. The number of para-hydroxylation sites is 2. The largest absolute Gasteiger partial charge is 0.485 e. The van der Waals surface area contributed by atoms with E-state index in [1.165, 1.54) is 0 Å². The number of nitrogens with two attached hydrogens (primary N) is 1. The van der Waals surface area contributed by atoms with Crippen molar-refractivity contribution in [1.29, 1.82) is 0 Å². The molecule has 104 valence electrons. The molecule has 1 aliphatic heterocycles. The Balaban J connectivity index is 1.70. The van der Waals surface area contributed by atoms with Gasteiger partial charge in [-0.05, 0) is 12.1 Å². The van der Waals surface area contributed by atoms with Crippen LogP contribution in [0.1, 0.15) is 12.0 Å². The Morgan fingerprint density at radius 3 is 2.95 bits per heavy atom. The van der Waals surface area contributed by atoms with Crippen LogP contribution >= 0.6 is 11.8 Å². The van der Waals surface area contributed by atoms with E-state index in [4.69, 9.17) is 19.6 Å². The second-order valence-electron chi connectivity index (χ2n) is 4.03. The van der Waals surface area contributed by atoms with Crippen molar-refractivity contribution in [3.63, 3.8) is 0 Å². The molecule has 0 saturated carbocycles. The van der Waals surface area contributed by atoms with Crippen LogP contribution in [0.15, 0.2) is 33.9 Å². The molecule has 1 aromatic heterocycles. The molecule has 0 radical (unpaired) electrons. The van der Waals surface area contributed by atoms with E-state index in [9.17, 15) is 4.79 Å². The van der Waals surface area contributed by atoms with Crippen molar-refractivity contribution >= 4 is 17.7 Å². The van der Waals surface area contributed by atoms with Crippen LogP contribution in [0.2, 0.25) is 0 Å². The van der Waals surface area contributed by atoms with Crippen molar-refractivity contribution in [3.8, 4) is 11.5 Å². The topological polar surface area (TPSA) is 100 Å². The summed E-state index contributed by atoms with van der Waals surface area (Å²) in [5.74, 6) is 1.28. The third-order valence-corrected chi connectivity index (χ3v) is 3.38. The smallest absolute Gasteiger partial charge is 0.277 e. The molecule has 8 heteroatoms. The van der Waals surface area contributed by atoms with Gasteiger partial charge in [-0.1, -0.05) is 23.9 Å². The number of primary amides is 1. The Morgan fingerprint density at radius 2 is 2.15 bits per heavy atom. The maximum atomic E-state index is 10.7. The normalized spacial score (nSPS) is 16.9. The minimum absolute atomic E-state index is 0.0898. The highest BCUT2D eigenvalue weighted by Gasteiger charge is 2.27. The number of ether oxygens (including phenoxy) is 2. The lowest BCUT2D eigenvalue weighted by Gasteiger charge is -2.23. The molecule has 0 aliphatic carbocycles. The van der Waals surface area contributed by atoms with E-state index < -0.39 is 12.0 Å². The second-order valence-corrected chi connectivity index (χ2v) is 4.95. The summed E-state index contributed by atoms with van der Waals surface area (Å²) < 4.78 is 16.7. The Kier molecular flexibility index (Phi) is 3.46. The summed E-state index contributed by atoms with van der Waals surface area (Å²) >= 11 is 1.09. The number of thioether (sulfide) groups is 1. The zero-order valence-electron chi connectivity index (χ0n) is 10.3. The number of aromatic nitrogens is 2. The highest BCUT2D eigenvalue weighted by molar-refractivity contribution is 7.99. The fourth-order valence-corrected chi connectivity index (χ4v) is 2.19. The van der Waals surface area contributed by atoms with Crippen molar-refractivity contribution in [2.24, 2.45) is 5.73 Å². The quantitative estimate of drug-likeness (QED) is 0.844. The molecular formula is C12H11N3O4S. The zero-order chi connectivity index (χ0) is 13.9. The molecule has 0 spiro atoms. The van der Waals surface area contributed by atoms with Gasteiger partial charge in [-0.2, -0.15) is 0 Å². The highest BCUT2D eigenvalue weighted by Crippen LogP contribution is 2.35. The van der Waals surface area contributed by atoms with Crippen LogP contribution in [0.4, 0.5) is 0 Å². The number of hydrogen-bond donors (Lipinski definition) is 1. The first-order chi connectivity index (χ1) is 9.72. The monoisotopic (exact) mass is 293 g/mol. The van der Waals surface area contributed by atoms with E-state index >= 15 is 0 Å². The molecule has 1 aliphatic rings. The van der Waals surface area contributed by atoms with E-state index in [0.717, 1.165) is 11.8 Å². The van der Waals surface area contributed by atoms with Crippen molar-refractivity contribution in [2.45, 2.75) is 11.3 Å². The molecule has 1 amide bonds. The Morgan fingerprint density at radius 1 is 1.35 bits per heavy atom. The molecule has 0 saturated heterocycles. The molecule has 1 aromatic carbocycles. The summed E-state index contributed by atoms with van der Waals surface area (Å²) in [6.07, 6.45) is -0.458. The average Bonchev–Trinajstić information content (AvgIpc) is 2.93. The van der Waals surface area contributed by atoms with Gasteiger partial charge >= 0.3 is 0 Å². The van der Waals surface area contributed by atoms with Crippen LogP contribution in [0.3, 0.4) is 0 Å². The molecule has 0 bridgehead atoms. The molecule has 3 rings (SSSR count). The number of amides is 1. The molecule has 0 fully saturated rings. The number of carbonyl (C=O) groups is 1. The summed E-state index contributed by atoms with van der Waals surface area (Å²) in [5, 5.41) is 8.00. The third-order valence-electron chi connectivity index (χ3n) is 2.54. The lowest BCUT2D eigenvalue weighted by Crippen LogP contribution is -2.21. The van der Waals surface area contributed by atoms with Crippen LogP contribution in [0.25, 0.3) is 0 Å². The Bertz CT molecular complexity index is 631. The maximum absolute atomic E-state index is 10.7. The molecule has 1 unspecified atom stereocenters. The lowest BCUT2D eigenvalue weighted by atomic mass is 10.2. The van der Waals surface area contributed by atoms with Gasteiger partial charge in [0.25, 0.3) is 11.1 Å². The van der Waals surface area contributed by atoms with E-state index in [1.54, 1.807) is 6.07 Å². The van der Waals surface area contributed by atoms with Crippen molar-refractivity contribution in [3.05, 3.63) is 30.2 Å². The number of fused-ring (bicyclic) bond motifs is 1.